The fraction of sp³-hybridized carbons (Fsp3) is 0.500. The van der Waals surface area contributed by atoms with Crippen LogP contribution in [0.2, 0.25) is 0 Å². The highest BCUT2D eigenvalue weighted by atomic mass is 16.5. The van der Waals surface area contributed by atoms with E-state index < -0.39 is 5.97 Å². The lowest BCUT2D eigenvalue weighted by atomic mass is 10.1. The van der Waals surface area contributed by atoms with Crippen LogP contribution in [0, 0.1) is 5.92 Å². The molecule has 0 bridgehead atoms. The molecule has 0 saturated heterocycles. The number of amides is 1. The minimum atomic E-state index is -1.12. The van der Waals surface area contributed by atoms with Crippen LogP contribution in [-0.2, 0) is 16.1 Å². The number of hydrogen-bond donors (Lipinski definition) is 2. The molecule has 2 N–H and O–H groups in total. The molecule has 1 rings (SSSR count). The lowest BCUT2D eigenvalue weighted by Crippen LogP contribution is -2.25. The van der Waals surface area contributed by atoms with E-state index in [4.69, 9.17) is 14.3 Å². The molecule has 100 valence electrons. The van der Waals surface area contributed by atoms with Crippen molar-refractivity contribution in [3.63, 3.8) is 0 Å². The number of furan rings is 1. The van der Waals surface area contributed by atoms with Crippen molar-refractivity contribution in [2.24, 2.45) is 5.92 Å². The molecule has 1 amide bonds. The van der Waals surface area contributed by atoms with Crippen molar-refractivity contribution in [2.45, 2.75) is 19.9 Å². The Balaban J connectivity index is 2.35. The number of carboxylic acids is 1. The number of hydrogen-bond acceptors (Lipinski definition) is 4. The van der Waals surface area contributed by atoms with Gasteiger partial charge in [0, 0.05) is 20.1 Å². The Kier molecular flexibility index (Phi) is 5.38. The van der Waals surface area contributed by atoms with Gasteiger partial charge in [-0.3, -0.25) is 4.79 Å². The molecule has 0 saturated carbocycles. The van der Waals surface area contributed by atoms with E-state index in [2.05, 4.69) is 5.32 Å². The van der Waals surface area contributed by atoms with Crippen molar-refractivity contribution in [3.05, 3.63) is 23.7 Å². The summed E-state index contributed by atoms with van der Waals surface area (Å²) in [7, 11) is 1.59. The fourth-order valence-corrected chi connectivity index (χ4v) is 1.51. The quantitative estimate of drug-likeness (QED) is 0.765. The SMILES string of the molecule is COCC(C)CC(=O)NCc1ccc(C(=O)O)o1. The summed E-state index contributed by atoms with van der Waals surface area (Å²) in [5.41, 5.74) is 0. The highest BCUT2D eigenvalue weighted by Gasteiger charge is 2.11. The van der Waals surface area contributed by atoms with E-state index in [1.54, 1.807) is 7.11 Å². The third-order valence-corrected chi connectivity index (χ3v) is 2.32. The van der Waals surface area contributed by atoms with E-state index in [0.717, 1.165) is 0 Å². The minimum absolute atomic E-state index is 0.118. The lowest BCUT2D eigenvalue weighted by Gasteiger charge is -2.09. The average Bonchev–Trinajstić information content (AvgIpc) is 2.75. The summed E-state index contributed by atoms with van der Waals surface area (Å²) in [6.07, 6.45) is 0.361. The van der Waals surface area contributed by atoms with Crippen molar-refractivity contribution in [1.29, 1.82) is 0 Å². The second-order valence-corrected chi connectivity index (χ2v) is 4.11. The number of carbonyl (C=O) groups excluding carboxylic acids is 1. The molecule has 0 aromatic carbocycles. The Morgan fingerprint density at radius 3 is 2.78 bits per heavy atom. The van der Waals surface area contributed by atoms with Gasteiger partial charge in [-0.1, -0.05) is 6.92 Å². The average molecular weight is 255 g/mol. The third kappa shape index (κ3) is 4.58. The van der Waals surface area contributed by atoms with E-state index in [9.17, 15) is 9.59 Å². The number of methoxy groups -OCH3 is 1. The Morgan fingerprint density at radius 2 is 2.22 bits per heavy atom. The van der Waals surface area contributed by atoms with Crippen LogP contribution in [0.25, 0.3) is 0 Å². The van der Waals surface area contributed by atoms with Crippen molar-refractivity contribution in [1.82, 2.24) is 5.32 Å². The second-order valence-electron chi connectivity index (χ2n) is 4.11. The summed E-state index contributed by atoms with van der Waals surface area (Å²) in [4.78, 5) is 22.1. The fourth-order valence-electron chi connectivity index (χ4n) is 1.51. The van der Waals surface area contributed by atoms with Crippen molar-refractivity contribution in [2.75, 3.05) is 13.7 Å². The molecule has 0 radical (unpaired) electrons. The number of ether oxygens (including phenoxy) is 1. The van der Waals surface area contributed by atoms with Gasteiger partial charge in [-0.25, -0.2) is 4.79 Å². The third-order valence-electron chi connectivity index (χ3n) is 2.32. The Labute approximate surface area is 105 Å². The number of aromatic carboxylic acids is 1. The Morgan fingerprint density at radius 1 is 1.50 bits per heavy atom. The molecular weight excluding hydrogens is 238 g/mol. The minimum Gasteiger partial charge on any atom is -0.475 e. The first kappa shape index (κ1) is 14.2. The Bertz CT molecular complexity index is 412. The molecule has 1 atom stereocenters. The molecule has 1 aromatic rings. The van der Waals surface area contributed by atoms with Crippen molar-refractivity contribution >= 4 is 11.9 Å². The van der Waals surface area contributed by atoms with Crippen LogP contribution < -0.4 is 5.32 Å². The molecule has 1 unspecified atom stereocenters. The maximum atomic E-state index is 11.5. The predicted octanol–water partition coefficient (Wildman–Crippen LogP) is 1.27. The summed E-state index contributed by atoms with van der Waals surface area (Å²) in [6, 6.07) is 2.89. The van der Waals surface area contributed by atoms with Gasteiger partial charge in [-0.15, -0.1) is 0 Å². The van der Waals surface area contributed by atoms with Gasteiger partial charge in [0.15, 0.2) is 0 Å². The molecule has 6 nitrogen and oxygen atoms in total. The van der Waals surface area contributed by atoms with Crippen molar-refractivity contribution < 1.29 is 23.8 Å². The van der Waals surface area contributed by atoms with Gasteiger partial charge in [0.05, 0.1) is 6.54 Å². The van der Waals surface area contributed by atoms with Gasteiger partial charge >= 0.3 is 5.97 Å². The molecular formula is C12H17NO5. The van der Waals surface area contributed by atoms with Crippen LogP contribution in [0.15, 0.2) is 16.5 Å². The summed E-state index contributed by atoms with van der Waals surface area (Å²) in [5, 5.41) is 11.3. The van der Waals surface area contributed by atoms with Crippen molar-refractivity contribution in [3.8, 4) is 0 Å². The summed E-state index contributed by atoms with van der Waals surface area (Å²) in [6.45, 7) is 2.63. The molecule has 0 aliphatic heterocycles. The van der Waals surface area contributed by atoms with E-state index >= 15 is 0 Å². The monoisotopic (exact) mass is 255 g/mol. The van der Waals surface area contributed by atoms with Crippen LogP contribution in [0.1, 0.15) is 29.7 Å². The first-order chi connectivity index (χ1) is 8.52. The lowest BCUT2D eigenvalue weighted by molar-refractivity contribution is -0.122. The van der Waals surface area contributed by atoms with Crippen LogP contribution in [0.3, 0.4) is 0 Å². The predicted molar refractivity (Wildman–Crippen MR) is 63.2 cm³/mol. The summed E-state index contributed by atoms with van der Waals surface area (Å²) < 4.78 is 9.94. The van der Waals surface area contributed by atoms with E-state index in [0.29, 0.717) is 18.8 Å². The number of carboxylic acid groups (broad SMARTS) is 1. The molecule has 0 aliphatic rings. The molecule has 0 spiro atoms. The largest absolute Gasteiger partial charge is 0.475 e. The molecule has 0 aliphatic carbocycles. The summed E-state index contributed by atoms with van der Waals surface area (Å²) in [5.74, 6) is -0.817. The first-order valence-electron chi connectivity index (χ1n) is 5.60. The van der Waals surface area contributed by atoms with Gasteiger partial charge in [0.1, 0.15) is 5.76 Å². The van der Waals surface area contributed by atoms with Crippen LogP contribution in [-0.4, -0.2) is 30.7 Å². The van der Waals surface area contributed by atoms with Crippen LogP contribution >= 0.6 is 0 Å². The van der Waals surface area contributed by atoms with Gasteiger partial charge in [-0.05, 0) is 18.1 Å². The van der Waals surface area contributed by atoms with Gasteiger partial charge < -0.3 is 19.6 Å². The maximum absolute atomic E-state index is 11.5. The molecule has 18 heavy (non-hydrogen) atoms. The van der Waals surface area contributed by atoms with Gasteiger partial charge in [-0.2, -0.15) is 0 Å². The second kappa shape index (κ2) is 6.80. The van der Waals surface area contributed by atoms with E-state index in [-0.39, 0.29) is 24.1 Å². The van der Waals surface area contributed by atoms with Crippen LogP contribution in [0.4, 0.5) is 0 Å². The summed E-state index contributed by atoms with van der Waals surface area (Å²) >= 11 is 0. The van der Waals surface area contributed by atoms with E-state index in [1.807, 2.05) is 6.92 Å². The zero-order valence-corrected chi connectivity index (χ0v) is 10.4. The molecule has 0 fully saturated rings. The first-order valence-corrected chi connectivity index (χ1v) is 5.60. The zero-order valence-electron chi connectivity index (χ0n) is 10.4. The molecule has 1 heterocycles. The smallest absolute Gasteiger partial charge is 0.371 e. The highest BCUT2D eigenvalue weighted by Crippen LogP contribution is 2.08. The number of carbonyl (C=O) groups is 2. The topological polar surface area (TPSA) is 88.8 Å². The molecule has 6 heteroatoms. The van der Waals surface area contributed by atoms with Gasteiger partial charge in [0.2, 0.25) is 11.7 Å². The Hall–Kier alpha value is -1.82. The van der Waals surface area contributed by atoms with Crippen LogP contribution in [0.5, 0.6) is 0 Å². The maximum Gasteiger partial charge on any atom is 0.371 e. The number of nitrogens with one attached hydrogen (secondary N) is 1. The molecule has 1 aromatic heterocycles. The standard InChI is InChI=1S/C12H17NO5/c1-8(7-17-2)5-11(14)13-6-9-3-4-10(18-9)12(15)16/h3-4,8H,5-7H2,1-2H3,(H,13,14)(H,15,16). The van der Waals surface area contributed by atoms with E-state index in [1.165, 1.54) is 12.1 Å². The highest BCUT2D eigenvalue weighted by molar-refractivity contribution is 5.84. The normalized spacial score (nSPS) is 12.1. The number of rotatable bonds is 7. The zero-order chi connectivity index (χ0) is 13.5. The van der Waals surface area contributed by atoms with Gasteiger partial charge in [0.25, 0.3) is 0 Å².